The minimum atomic E-state index is 0.587. The number of nitrogens with zero attached hydrogens (tertiary/aromatic N) is 1. The summed E-state index contributed by atoms with van der Waals surface area (Å²) >= 11 is 0. The Morgan fingerprint density at radius 1 is 1.50 bits per heavy atom. The number of furan rings is 1. The summed E-state index contributed by atoms with van der Waals surface area (Å²) in [6.45, 7) is 8.59. The molecule has 0 saturated carbocycles. The molecule has 1 aromatic heterocycles. The van der Waals surface area contributed by atoms with Crippen LogP contribution in [-0.4, -0.2) is 37.7 Å². The Morgan fingerprint density at radius 2 is 2.35 bits per heavy atom. The Morgan fingerprint density at radius 3 is 3.05 bits per heavy atom. The number of hydrogen-bond donors (Lipinski definition) is 1. The van der Waals surface area contributed by atoms with Crippen LogP contribution in [0.15, 0.2) is 10.5 Å². The van der Waals surface area contributed by atoms with E-state index in [-0.39, 0.29) is 0 Å². The zero-order chi connectivity index (χ0) is 14.4. The van der Waals surface area contributed by atoms with E-state index in [4.69, 9.17) is 9.15 Å². The number of aryl methyl sites for hydroxylation is 1. The van der Waals surface area contributed by atoms with E-state index in [2.05, 4.69) is 37.2 Å². The summed E-state index contributed by atoms with van der Waals surface area (Å²) in [7, 11) is 2.21. The van der Waals surface area contributed by atoms with Gasteiger partial charge in [-0.05, 0) is 58.0 Å². The summed E-state index contributed by atoms with van der Waals surface area (Å²) < 4.78 is 11.6. The molecule has 0 aromatic carbocycles. The molecule has 1 aliphatic rings. The average molecular weight is 280 g/mol. The van der Waals surface area contributed by atoms with E-state index in [1.807, 2.05) is 0 Å². The molecule has 4 nitrogen and oxygen atoms in total. The highest BCUT2D eigenvalue weighted by atomic mass is 16.5. The quantitative estimate of drug-likeness (QED) is 0.743. The molecule has 0 bridgehead atoms. The maximum atomic E-state index is 5.81. The van der Waals surface area contributed by atoms with Crippen molar-refractivity contribution in [3.05, 3.63) is 23.2 Å². The van der Waals surface area contributed by atoms with Gasteiger partial charge in [0, 0.05) is 12.6 Å². The molecule has 0 spiro atoms. The lowest BCUT2D eigenvalue weighted by molar-refractivity contribution is 0.0886. The van der Waals surface area contributed by atoms with Gasteiger partial charge >= 0.3 is 0 Å². The van der Waals surface area contributed by atoms with Gasteiger partial charge < -0.3 is 19.4 Å². The average Bonchev–Trinajstić information content (AvgIpc) is 2.99. The van der Waals surface area contributed by atoms with Crippen LogP contribution in [0.4, 0.5) is 0 Å². The van der Waals surface area contributed by atoms with E-state index >= 15 is 0 Å². The van der Waals surface area contributed by atoms with Crippen molar-refractivity contribution in [3.63, 3.8) is 0 Å². The summed E-state index contributed by atoms with van der Waals surface area (Å²) in [5.74, 6) is 1.97. The third-order valence-corrected chi connectivity index (χ3v) is 4.12. The number of ether oxygens (including phenoxy) is 1. The molecule has 1 fully saturated rings. The first-order valence-electron chi connectivity index (χ1n) is 7.77. The van der Waals surface area contributed by atoms with Gasteiger partial charge in [-0.15, -0.1) is 0 Å². The van der Waals surface area contributed by atoms with Crippen LogP contribution in [-0.2, 0) is 17.9 Å². The van der Waals surface area contributed by atoms with E-state index in [0.717, 1.165) is 37.6 Å². The Labute approximate surface area is 122 Å². The van der Waals surface area contributed by atoms with E-state index in [1.54, 1.807) is 0 Å². The van der Waals surface area contributed by atoms with Gasteiger partial charge in [-0.1, -0.05) is 6.92 Å². The van der Waals surface area contributed by atoms with Crippen LogP contribution < -0.4 is 5.32 Å². The second kappa shape index (κ2) is 7.81. The molecule has 2 rings (SSSR count). The number of likely N-dealkylation sites (tertiary alicyclic amines) is 1. The lowest BCUT2D eigenvalue weighted by Crippen LogP contribution is -2.26. The molecule has 1 atom stereocenters. The third kappa shape index (κ3) is 4.33. The van der Waals surface area contributed by atoms with E-state index < -0.39 is 0 Å². The minimum Gasteiger partial charge on any atom is -0.462 e. The van der Waals surface area contributed by atoms with E-state index in [1.165, 1.54) is 24.9 Å². The van der Waals surface area contributed by atoms with Gasteiger partial charge in [-0.2, -0.15) is 0 Å². The molecule has 2 heterocycles. The second-order valence-electron chi connectivity index (χ2n) is 5.72. The fourth-order valence-electron chi connectivity index (χ4n) is 2.81. The molecule has 0 amide bonds. The zero-order valence-electron chi connectivity index (χ0n) is 13.1. The first-order valence-corrected chi connectivity index (χ1v) is 7.77. The molecule has 1 aliphatic heterocycles. The SMILES string of the molecule is CCNCc1oc(COCCC2CCCN2C)cc1C. The summed E-state index contributed by atoms with van der Waals surface area (Å²) in [5, 5.41) is 3.29. The topological polar surface area (TPSA) is 37.6 Å². The number of rotatable bonds is 8. The van der Waals surface area contributed by atoms with Crippen molar-refractivity contribution in [1.82, 2.24) is 10.2 Å². The van der Waals surface area contributed by atoms with Crippen LogP contribution >= 0.6 is 0 Å². The highest BCUT2D eigenvalue weighted by Gasteiger charge is 2.20. The molecule has 1 N–H and O–H groups in total. The fourth-order valence-corrected chi connectivity index (χ4v) is 2.81. The molecule has 1 saturated heterocycles. The van der Waals surface area contributed by atoms with Crippen molar-refractivity contribution >= 4 is 0 Å². The number of hydrogen-bond acceptors (Lipinski definition) is 4. The molecule has 20 heavy (non-hydrogen) atoms. The molecule has 0 aliphatic carbocycles. The van der Waals surface area contributed by atoms with Gasteiger partial charge in [0.15, 0.2) is 0 Å². The largest absolute Gasteiger partial charge is 0.462 e. The monoisotopic (exact) mass is 280 g/mol. The van der Waals surface area contributed by atoms with Crippen LogP contribution in [0, 0.1) is 6.92 Å². The van der Waals surface area contributed by atoms with Crippen molar-refractivity contribution in [1.29, 1.82) is 0 Å². The first-order chi connectivity index (χ1) is 9.70. The Hall–Kier alpha value is -0.840. The molecule has 4 heteroatoms. The maximum absolute atomic E-state index is 5.81. The fraction of sp³-hybridized carbons (Fsp3) is 0.750. The van der Waals surface area contributed by atoms with Gasteiger partial charge in [0.1, 0.15) is 18.1 Å². The predicted octanol–water partition coefficient (Wildman–Crippen LogP) is 2.70. The van der Waals surface area contributed by atoms with Crippen molar-refractivity contribution in [2.75, 3.05) is 26.7 Å². The molecule has 1 unspecified atom stereocenters. The second-order valence-corrected chi connectivity index (χ2v) is 5.72. The lowest BCUT2D eigenvalue weighted by atomic mass is 10.1. The van der Waals surface area contributed by atoms with Crippen molar-refractivity contribution in [2.45, 2.75) is 52.3 Å². The standard InChI is InChI=1S/C16H28N2O2/c1-4-17-11-16-13(2)10-15(20-16)12-19-9-7-14-6-5-8-18(14)3/h10,14,17H,4-9,11-12H2,1-3H3. The highest BCUT2D eigenvalue weighted by Crippen LogP contribution is 2.19. The van der Waals surface area contributed by atoms with Crippen LogP contribution in [0.25, 0.3) is 0 Å². The van der Waals surface area contributed by atoms with Crippen LogP contribution in [0.2, 0.25) is 0 Å². The number of nitrogens with one attached hydrogen (secondary N) is 1. The minimum absolute atomic E-state index is 0.587. The van der Waals surface area contributed by atoms with Crippen LogP contribution in [0.1, 0.15) is 43.3 Å². The summed E-state index contributed by atoms with van der Waals surface area (Å²) in [6, 6.07) is 2.80. The van der Waals surface area contributed by atoms with E-state index in [0.29, 0.717) is 12.6 Å². The highest BCUT2D eigenvalue weighted by molar-refractivity contribution is 5.19. The Balaban J connectivity index is 1.68. The first kappa shape index (κ1) is 15.5. The van der Waals surface area contributed by atoms with Gasteiger partial charge in [0.2, 0.25) is 0 Å². The van der Waals surface area contributed by atoms with Crippen molar-refractivity contribution < 1.29 is 9.15 Å². The third-order valence-electron chi connectivity index (χ3n) is 4.12. The molecule has 1 aromatic rings. The maximum Gasteiger partial charge on any atom is 0.130 e. The van der Waals surface area contributed by atoms with Crippen molar-refractivity contribution in [2.24, 2.45) is 0 Å². The van der Waals surface area contributed by atoms with E-state index in [9.17, 15) is 0 Å². The Bertz CT molecular complexity index is 403. The van der Waals surface area contributed by atoms with Gasteiger partial charge in [0.05, 0.1) is 6.54 Å². The summed E-state index contributed by atoms with van der Waals surface area (Å²) in [6.07, 6.45) is 3.76. The summed E-state index contributed by atoms with van der Waals surface area (Å²) in [4.78, 5) is 2.44. The predicted molar refractivity (Wildman–Crippen MR) is 80.8 cm³/mol. The van der Waals surface area contributed by atoms with Crippen molar-refractivity contribution in [3.8, 4) is 0 Å². The van der Waals surface area contributed by atoms with Gasteiger partial charge in [0.25, 0.3) is 0 Å². The van der Waals surface area contributed by atoms with Crippen LogP contribution in [0.3, 0.4) is 0 Å². The molecular weight excluding hydrogens is 252 g/mol. The smallest absolute Gasteiger partial charge is 0.130 e. The van der Waals surface area contributed by atoms with Gasteiger partial charge in [-0.3, -0.25) is 0 Å². The summed E-state index contributed by atoms with van der Waals surface area (Å²) in [5.41, 5.74) is 1.21. The molecule has 114 valence electrons. The Kier molecular flexibility index (Phi) is 6.07. The van der Waals surface area contributed by atoms with Gasteiger partial charge in [-0.25, -0.2) is 0 Å². The normalized spacial score (nSPS) is 19.9. The zero-order valence-corrected chi connectivity index (χ0v) is 13.1. The molecule has 0 radical (unpaired) electrons. The van der Waals surface area contributed by atoms with Crippen LogP contribution in [0.5, 0.6) is 0 Å². The molecular formula is C16H28N2O2. The lowest BCUT2D eigenvalue weighted by Gasteiger charge is -2.18.